The molecule has 102 valence electrons. The molecule has 0 aliphatic heterocycles. The van der Waals surface area contributed by atoms with Crippen LogP contribution in [0.4, 0.5) is 0 Å². The van der Waals surface area contributed by atoms with Crippen molar-refractivity contribution in [1.29, 1.82) is 0 Å². The lowest BCUT2D eigenvalue weighted by Crippen LogP contribution is -1.91. The summed E-state index contributed by atoms with van der Waals surface area (Å²) in [4.78, 5) is 3.14. The minimum atomic E-state index is 0.324. The summed E-state index contributed by atoms with van der Waals surface area (Å²) in [5, 5.41) is 0. The highest BCUT2D eigenvalue weighted by molar-refractivity contribution is 9.09. The standard InChI is InChI=1S/C17H21BrS/c1-4-5-6-14-7-9-15(10-8-14)17(18)16-11-12(2)13(3)19-16/h7-11,17H,4-6H2,1-3H3. The van der Waals surface area contributed by atoms with Crippen LogP contribution in [0.15, 0.2) is 30.3 Å². The monoisotopic (exact) mass is 336 g/mol. The summed E-state index contributed by atoms with van der Waals surface area (Å²) in [5.41, 5.74) is 4.19. The molecule has 0 amide bonds. The average molecular weight is 337 g/mol. The normalized spacial score (nSPS) is 12.6. The number of rotatable bonds is 5. The fourth-order valence-corrected chi connectivity index (χ4v) is 3.89. The van der Waals surface area contributed by atoms with Gasteiger partial charge in [0.2, 0.25) is 0 Å². The zero-order valence-electron chi connectivity index (χ0n) is 11.9. The van der Waals surface area contributed by atoms with Crippen molar-refractivity contribution in [2.45, 2.75) is 44.9 Å². The van der Waals surface area contributed by atoms with Crippen molar-refractivity contribution in [2.24, 2.45) is 0 Å². The van der Waals surface area contributed by atoms with Gasteiger partial charge in [-0.05, 0) is 49.4 Å². The number of aryl methyl sites for hydroxylation is 3. The zero-order valence-corrected chi connectivity index (χ0v) is 14.3. The summed E-state index contributed by atoms with van der Waals surface area (Å²) in [6.45, 7) is 6.62. The first kappa shape index (κ1) is 14.8. The number of hydrogen-bond acceptors (Lipinski definition) is 1. The molecule has 1 unspecified atom stereocenters. The fourth-order valence-electron chi connectivity index (χ4n) is 2.13. The molecule has 0 radical (unpaired) electrons. The maximum Gasteiger partial charge on any atom is 0.0738 e. The Morgan fingerprint density at radius 3 is 2.37 bits per heavy atom. The van der Waals surface area contributed by atoms with E-state index in [0.29, 0.717) is 4.83 Å². The number of benzene rings is 1. The second-order valence-electron chi connectivity index (χ2n) is 5.10. The Hall–Kier alpha value is -0.600. The molecule has 1 atom stereocenters. The van der Waals surface area contributed by atoms with Gasteiger partial charge >= 0.3 is 0 Å². The smallest absolute Gasteiger partial charge is 0.0738 e. The third-order valence-corrected chi connectivity index (χ3v) is 6.07. The molecule has 0 fully saturated rings. The topological polar surface area (TPSA) is 0 Å². The molecule has 0 saturated carbocycles. The Morgan fingerprint density at radius 1 is 1.16 bits per heavy atom. The minimum absolute atomic E-state index is 0.324. The van der Waals surface area contributed by atoms with E-state index < -0.39 is 0 Å². The van der Waals surface area contributed by atoms with Gasteiger partial charge in [-0.3, -0.25) is 0 Å². The Morgan fingerprint density at radius 2 is 1.84 bits per heavy atom. The quantitative estimate of drug-likeness (QED) is 0.571. The summed E-state index contributed by atoms with van der Waals surface area (Å²) < 4.78 is 0. The molecule has 1 aromatic carbocycles. The molecule has 1 heterocycles. The van der Waals surface area contributed by atoms with Gasteiger partial charge in [0.25, 0.3) is 0 Å². The van der Waals surface area contributed by atoms with E-state index in [9.17, 15) is 0 Å². The van der Waals surface area contributed by atoms with Crippen molar-refractivity contribution in [3.63, 3.8) is 0 Å². The largest absolute Gasteiger partial charge is 0.144 e. The van der Waals surface area contributed by atoms with Crippen LogP contribution >= 0.6 is 27.3 Å². The second-order valence-corrected chi connectivity index (χ2v) is 7.30. The maximum atomic E-state index is 3.83. The van der Waals surface area contributed by atoms with Crippen molar-refractivity contribution in [2.75, 3.05) is 0 Å². The summed E-state index contributed by atoms with van der Waals surface area (Å²) in [5.74, 6) is 0. The summed E-state index contributed by atoms with van der Waals surface area (Å²) in [7, 11) is 0. The molecule has 0 N–H and O–H groups in total. The zero-order chi connectivity index (χ0) is 13.8. The molecular formula is C17H21BrS. The molecule has 0 saturated heterocycles. The fraction of sp³-hybridized carbons (Fsp3) is 0.412. The van der Waals surface area contributed by atoms with E-state index in [1.807, 2.05) is 11.3 Å². The number of alkyl halides is 1. The van der Waals surface area contributed by atoms with E-state index in [-0.39, 0.29) is 0 Å². The van der Waals surface area contributed by atoms with Crippen molar-refractivity contribution in [3.05, 3.63) is 56.8 Å². The molecular weight excluding hydrogens is 316 g/mol. The van der Waals surface area contributed by atoms with Crippen LogP contribution in [0, 0.1) is 13.8 Å². The first-order valence-corrected chi connectivity index (χ1v) is 8.65. The third kappa shape index (κ3) is 3.70. The number of hydrogen-bond donors (Lipinski definition) is 0. The lowest BCUT2D eigenvalue weighted by Gasteiger charge is -2.09. The van der Waals surface area contributed by atoms with Gasteiger partial charge in [-0.25, -0.2) is 0 Å². The summed E-state index contributed by atoms with van der Waals surface area (Å²) >= 11 is 5.72. The predicted octanol–water partition coefficient (Wildman–Crippen LogP) is 6.19. The maximum absolute atomic E-state index is 3.83. The highest BCUT2D eigenvalue weighted by Crippen LogP contribution is 2.36. The molecule has 2 aromatic rings. The Bertz CT molecular complexity index is 505. The molecule has 0 bridgehead atoms. The van der Waals surface area contributed by atoms with Crippen LogP contribution < -0.4 is 0 Å². The van der Waals surface area contributed by atoms with Gasteiger partial charge in [0.1, 0.15) is 0 Å². The van der Waals surface area contributed by atoms with Crippen molar-refractivity contribution in [3.8, 4) is 0 Å². The van der Waals surface area contributed by atoms with Gasteiger partial charge in [-0.1, -0.05) is 53.5 Å². The van der Waals surface area contributed by atoms with E-state index in [1.54, 1.807) is 0 Å². The Kier molecular flexibility index (Phi) is 5.23. The molecule has 1 aromatic heterocycles. The Labute approximate surface area is 129 Å². The van der Waals surface area contributed by atoms with Crippen molar-refractivity contribution < 1.29 is 0 Å². The number of unbranched alkanes of at least 4 members (excludes halogenated alkanes) is 1. The van der Waals surface area contributed by atoms with Crippen LogP contribution in [0.5, 0.6) is 0 Å². The summed E-state index contributed by atoms with van der Waals surface area (Å²) in [6, 6.07) is 11.4. The van der Waals surface area contributed by atoms with E-state index in [4.69, 9.17) is 0 Å². The van der Waals surface area contributed by atoms with Crippen LogP contribution in [-0.2, 0) is 6.42 Å². The third-order valence-electron chi connectivity index (χ3n) is 3.53. The van der Waals surface area contributed by atoms with Gasteiger partial charge in [0.05, 0.1) is 4.83 Å². The highest BCUT2D eigenvalue weighted by atomic mass is 79.9. The highest BCUT2D eigenvalue weighted by Gasteiger charge is 2.13. The predicted molar refractivity (Wildman–Crippen MR) is 89.6 cm³/mol. The lowest BCUT2D eigenvalue weighted by molar-refractivity contribution is 0.795. The van der Waals surface area contributed by atoms with Gasteiger partial charge in [-0.2, -0.15) is 0 Å². The van der Waals surface area contributed by atoms with Crippen molar-refractivity contribution >= 4 is 27.3 Å². The molecule has 0 spiro atoms. The SMILES string of the molecule is CCCCc1ccc(C(Br)c2cc(C)c(C)s2)cc1. The van der Waals surface area contributed by atoms with Crippen LogP contribution in [0.25, 0.3) is 0 Å². The molecule has 19 heavy (non-hydrogen) atoms. The van der Waals surface area contributed by atoms with Gasteiger partial charge in [0.15, 0.2) is 0 Å². The van der Waals surface area contributed by atoms with Crippen LogP contribution in [0.1, 0.15) is 51.0 Å². The van der Waals surface area contributed by atoms with Crippen LogP contribution in [0.2, 0.25) is 0 Å². The molecule has 2 rings (SSSR count). The summed E-state index contributed by atoms with van der Waals surface area (Å²) in [6.07, 6.45) is 3.73. The molecule has 0 aliphatic carbocycles. The first-order chi connectivity index (χ1) is 9.11. The van der Waals surface area contributed by atoms with Crippen LogP contribution in [0.3, 0.4) is 0 Å². The Balaban J connectivity index is 2.13. The second kappa shape index (κ2) is 6.71. The van der Waals surface area contributed by atoms with Crippen molar-refractivity contribution in [1.82, 2.24) is 0 Å². The number of thiophene rings is 1. The van der Waals surface area contributed by atoms with Gasteiger partial charge in [0, 0.05) is 9.75 Å². The molecule has 0 aliphatic rings. The molecule has 2 heteroatoms. The average Bonchev–Trinajstić information content (AvgIpc) is 2.76. The first-order valence-electron chi connectivity index (χ1n) is 6.91. The van der Waals surface area contributed by atoms with E-state index >= 15 is 0 Å². The van der Waals surface area contributed by atoms with E-state index in [2.05, 4.69) is 67.0 Å². The number of halogens is 1. The van der Waals surface area contributed by atoms with E-state index in [1.165, 1.54) is 45.7 Å². The minimum Gasteiger partial charge on any atom is -0.144 e. The van der Waals surface area contributed by atoms with Gasteiger partial charge in [-0.15, -0.1) is 11.3 Å². The molecule has 0 nitrogen and oxygen atoms in total. The van der Waals surface area contributed by atoms with Crippen LogP contribution in [-0.4, -0.2) is 0 Å². The lowest BCUT2D eigenvalue weighted by atomic mass is 10.0. The van der Waals surface area contributed by atoms with Gasteiger partial charge < -0.3 is 0 Å². The van der Waals surface area contributed by atoms with E-state index in [0.717, 1.165) is 0 Å².